The van der Waals surface area contributed by atoms with Gasteiger partial charge in [0.05, 0.1) is 17.7 Å². The normalized spacial score (nSPS) is 14.2. The van der Waals surface area contributed by atoms with Gasteiger partial charge in [-0.2, -0.15) is 0 Å². The predicted molar refractivity (Wildman–Crippen MR) is 119 cm³/mol. The smallest absolute Gasteiger partial charge is 0.257 e. The molecular weight excluding hydrogens is 406 g/mol. The quantitative estimate of drug-likeness (QED) is 0.597. The molecule has 0 saturated carbocycles. The molecule has 8 nitrogen and oxygen atoms in total. The number of hydrogen-bond acceptors (Lipinski definition) is 5. The van der Waals surface area contributed by atoms with Gasteiger partial charge in [-0.25, -0.2) is 4.98 Å². The molecule has 0 bridgehead atoms. The summed E-state index contributed by atoms with van der Waals surface area (Å²) in [6, 6.07) is 10.9. The van der Waals surface area contributed by atoms with E-state index < -0.39 is 0 Å². The monoisotopic (exact) mass is 433 g/mol. The molecule has 1 saturated heterocycles. The fourth-order valence-corrected chi connectivity index (χ4v) is 3.81. The molecule has 4 rings (SSSR count). The predicted octanol–water partition coefficient (Wildman–Crippen LogP) is 2.77. The molecule has 32 heavy (non-hydrogen) atoms. The van der Waals surface area contributed by atoms with Crippen LogP contribution in [0.15, 0.2) is 61.2 Å². The zero-order chi connectivity index (χ0) is 22.5. The Hall–Kier alpha value is -3.68. The minimum atomic E-state index is -0.118. The Labute approximate surface area is 187 Å². The maximum atomic E-state index is 13.1. The van der Waals surface area contributed by atoms with E-state index in [0.29, 0.717) is 49.4 Å². The van der Waals surface area contributed by atoms with Crippen LogP contribution in [-0.4, -0.2) is 62.4 Å². The standard InChI is InChI=1S/C24H27N5O3/c1-27-15-12-26-22(27)17-28(2)24(31)20-7-3-4-8-21(20)32-19-9-13-29(14-10-19)23(30)18-6-5-11-25-16-18/h3-8,11-12,15-16,19H,9-10,13-14,17H2,1-2H3. The minimum Gasteiger partial charge on any atom is -0.489 e. The molecule has 1 aliphatic heterocycles. The van der Waals surface area contributed by atoms with Crippen LogP contribution in [0.4, 0.5) is 0 Å². The van der Waals surface area contributed by atoms with Crippen LogP contribution in [0.1, 0.15) is 39.4 Å². The van der Waals surface area contributed by atoms with Crippen molar-refractivity contribution in [1.82, 2.24) is 24.3 Å². The zero-order valence-corrected chi connectivity index (χ0v) is 18.3. The Balaban J connectivity index is 1.38. The summed E-state index contributed by atoms with van der Waals surface area (Å²) in [4.78, 5) is 37.5. The first-order valence-corrected chi connectivity index (χ1v) is 10.7. The molecule has 3 aromatic rings. The third kappa shape index (κ3) is 4.80. The van der Waals surface area contributed by atoms with Crippen LogP contribution in [-0.2, 0) is 13.6 Å². The number of carbonyl (C=O) groups excluding carboxylic acids is 2. The Morgan fingerprint density at radius 3 is 2.59 bits per heavy atom. The highest BCUT2D eigenvalue weighted by molar-refractivity contribution is 5.96. The van der Waals surface area contributed by atoms with E-state index in [1.807, 2.05) is 40.9 Å². The number of pyridine rings is 1. The summed E-state index contributed by atoms with van der Waals surface area (Å²) in [6.45, 7) is 1.62. The molecule has 2 amide bonds. The van der Waals surface area contributed by atoms with Crippen molar-refractivity contribution in [3.05, 3.63) is 78.1 Å². The molecule has 0 radical (unpaired) electrons. The summed E-state index contributed by atoms with van der Waals surface area (Å²) >= 11 is 0. The topological polar surface area (TPSA) is 80.6 Å². The Kier molecular flexibility index (Phi) is 6.49. The molecule has 0 aliphatic carbocycles. The Morgan fingerprint density at radius 2 is 1.91 bits per heavy atom. The van der Waals surface area contributed by atoms with Crippen molar-refractivity contribution >= 4 is 11.8 Å². The van der Waals surface area contributed by atoms with E-state index in [4.69, 9.17) is 4.74 Å². The maximum absolute atomic E-state index is 13.1. The van der Waals surface area contributed by atoms with Crippen molar-refractivity contribution in [1.29, 1.82) is 0 Å². The van der Waals surface area contributed by atoms with Crippen LogP contribution in [0, 0.1) is 0 Å². The van der Waals surface area contributed by atoms with Gasteiger partial charge >= 0.3 is 0 Å². The summed E-state index contributed by atoms with van der Waals surface area (Å²) < 4.78 is 8.13. The molecule has 0 N–H and O–H groups in total. The highest BCUT2D eigenvalue weighted by Crippen LogP contribution is 2.25. The lowest BCUT2D eigenvalue weighted by Gasteiger charge is -2.32. The Bertz CT molecular complexity index is 1070. The first-order valence-electron chi connectivity index (χ1n) is 10.7. The van der Waals surface area contributed by atoms with Crippen LogP contribution in [0.3, 0.4) is 0 Å². The lowest BCUT2D eigenvalue weighted by atomic mass is 10.1. The highest BCUT2D eigenvalue weighted by atomic mass is 16.5. The number of para-hydroxylation sites is 1. The fraction of sp³-hybridized carbons (Fsp3) is 0.333. The highest BCUT2D eigenvalue weighted by Gasteiger charge is 2.26. The van der Waals surface area contributed by atoms with E-state index in [0.717, 1.165) is 5.82 Å². The van der Waals surface area contributed by atoms with Gasteiger partial charge in [0.15, 0.2) is 0 Å². The van der Waals surface area contributed by atoms with E-state index in [2.05, 4.69) is 9.97 Å². The van der Waals surface area contributed by atoms with Crippen molar-refractivity contribution in [2.24, 2.45) is 7.05 Å². The van der Waals surface area contributed by atoms with Gasteiger partial charge < -0.3 is 19.1 Å². The van der Waals surface area contributed by atoms with Crippen LogP contribution >= 0.6 is 0 Å². The van der Waals surface area contributed by atoms with E-state index in [1.54, 1.807) is 48.7 Å². The molecular formula is C24H27N5O3. The summed E-state index contributed by atoms with van der Waals surface area (Å²) in [5.74, 6) is 1.25. The van der Waals surface area contributed by atoms with E-state index >= 15 is 0 Å². The van der Waals surface area contributed by atoms with Crippen molar-refractivity contribution in [2.75, 3.05) is 20.1 Å². The zero-order valence-electron chi connectivity index (χ0n) is 18.3. The number of piperidine rings is 1. The van der Waals surface area contributed by atoms with Gasteiger partial charge in [-0.1, -0.05) is 12.1 Å². The second-order valence-electron chi connectivity index (χ2n) is 7.96. The third-order valence-corrected chi connectivity index (χ3v) is 5.70. The van der Waals surface area contributed by atoms with Crippen LogP contribution in [0.2, 0.25) is 0 Å². The van der Waals surface area contributed by atoms with Crippen molar-refractivity contribution in [3.63, 3.8) is 0 Å². The van der Waals surface area contributed by atoms with Crippen molar-refractivity contribution in [2.45, 2.75) is 25.5 Å². The average molecular weight is 434 g/mol. The van der Waals surface area contributed by atoms with Gasteiger partial charge in [0.2, 0.25) is 0 Å². The lowest BCUT2D eigenvalue weighted by Crippen LogP contribution is -2.42. The fourth-order valence-electron chi connectivity index (χ4n) is 3.81. The summed E-state index contributed by atoms with van der Waals surface area (Å²) in [5, 5.41) is 0. The number of nitrogens with zero attached hydrogens (tertiary/aromatic N) is 5. The molecule has 166 valence electrons. The molecule has 0 unspecified atom stereocenters. The minimum absolute atomic E-state index is 0.0111. The second kappa shape index (κ2) is 9.64. The molecule has 1 aromatic carbocycles. The SMILES string of the molecule is CN(Cc1nccn1C)C(=O)c1ccccc1OC1CCN(C(=O)c2cccnc2)CC1. The third-order valence-electron chi connectivity index (χ3n) is 5.70. The van der Waals surface area contributed by atoms with E-state index in [9.17, 15) is 9.59 Å². The van der Waals surface area contributed by atoms with Crippen LogP contribution in [0.25, 0.3) is 0 Å². The maximum Gasteiger partial charge on any atom is 0.257 e. The number of aromatic nitrogens is 3. The van der Waals surface area contributed by atoms with Gasteiger partial charge in [0, 0.05) is 64.8 Å². The molecule has 0 atom stereocenters. The number of aryl methyl sites for hydroxylation is 1. The van der Waals surface area contributed by atoms with Gasteiger partial charge in [-0.15, -0.1) is 0 Å². The number of benzene rings is 1. The van der Waals surface area contributed by atoms with Gasteiger partial charge in [-0.3, -0.25) is 14.6 Å². The first kappa shape index (κ1) is 21.5. The number of carbonyl (C=O) groups is 2. The molecule has 0 spiro atoms. The largest absolute Gasteiger partial charge is 0.489 e. The summed E-state index contributed by atoms with van der Waals surface area (Å²) in [7, 11) is 3.67. The number of ether oxygens (including phenoxy) is 1. The summed E-state index contributed by atoms with van der Waals surface area (Å²) in [6.07, 6.45) is 8.18. The van der Waals surface area contributed by atoms with E-state index in [-0.39, 0.29) is 17.9 Å². The van der Waals surface area contributed by atoms with Crippen LogP contribution in [0.5, 0.6) is 5.75 Å². The molecule has 2 aromatic heterocycles. The van der Waals surface area contributed by atoms with Crippen molar-refractivity contribution in [3.8, 4) is 5.75 Å². The number of imidazole rings is 1. The molecule has 3 heterocycles. The Morgan fingerprint density at radius 1 is 1.12 bits per heavy atom. The number of amides is 2. The first-order chi connectivity index (χ1) is 15.5. The molecule has 1 fully saturated rings. The van der Waals surface area contributed by atoms with Gasteiger partial charge in [0.1, 0.15) is 17.7 Å². The van der Waals surface area contributed by atoms with Gasteiger partial charge in [0.25, 0.3) is 11.8 Å². The molecule has 1 aliphatic rings. The number of likely N-dealkylation sites (tertiary alicyclic amines) is 1. The van der Waals surface area contributed by atoms with Crippen LogP contribution < -0.4 is 4.74 Å². The van der Waals surface area contributed by atoms with E-state index in [1.165, 1.54) is 0 Å². The molecule has 8 heteroatoms. The van der Waals surface area contributed by atoms with Gasteiger partial charge in [-0.05, 0) is 24.3 Å². The summed E-state index contributed by atoms with van der Waals surface area (Å²) in [5.41, 5.74) is 1.12. The number of hydrogen-bond donors (Lipinski definition) is 0. The second-order valence-corrected chi connectivity index (χ2v) is 7.96. The van der Waals surface area contributed by atoms with Crippen molar-refractivity contribution < 1.29 is 14.3 Å². The average Bonchev–Trinajstić information content (AvgIpc) is 3.23. The number of rotatable bonds is 6. The lowest BCUT2D eigenvalue weighted by molar-refractivity contribution is 0.0590.